The number of anilines is 1. The molecule has 0 bridgehead atoms. The molecule has 1 aromatic rings. The zero-order valence-electron chi connectivity index (χ0n) is 11.2. The predicted octanol–water partition coefficient (Wildman–Crippen LogP) is 3.47. The van der Waals surface area contributed by atoms with Crippen molar-refractivity contribution < 1.29 is 0 Å². The zero-order valence-corrected chi connectivity index (χ0v) is 11.2. The summed E-state index contributed by atoms with van der Waals surface area (Å²) in [5.41, 5.74) is 4.45. The molecule has 1 saturated carbocycles. The SMILES string of the molecule is c1cc2c(c(NC3CCCCCC3)c1)CCNC2. The maximum Gasteiger partial charge on any atom is 0.0378 e. The van der Waals surface area contributed by atoms with E-state index in [0.717, 1.165) is 13.1 Å². The van der Waals surface area contributed by atoms with Crippen LogP contribution >= 0.6 is 0 Å². The average molecular weight is 244 g/mol. The van der Waals surface area contributed by atoms with Crippen LogP contribution in [0.4, 0.5) is 5.69 Å². The summed E-state index contributed by atoms with van der Waals surface area (Å²) < 4.78 is 0. The molecular formula is C16H24N2. The van der Waals surface area contributed by atoms with Gasteiger partial charge in [0.1, 0.15) is 0 Å². The van der Waals surface area contributed by atoms with Crippen LogP contribution in [-0.4, -0.2) is 12.6 Å². The monoisotopic (exact) mass is 244 g/mol. The smallest absolute Gasteiger partial charge is 0.0378 e. The van der Waals surface area contributed by atoms with E-state index in [1.54, 1.807) is 5.56 Å². The highest BCUT2D eigenvalue weighted by Crippen LogP contribution is 2.26. The third kappa shape index (κ3) is 2.69. The summed E-state index contributed by atoms with van der Waals surface area (Å²) in [6.45, 7) is 2.16. The largest absolute Gasteiger partial charge is 0.382 e. The van der Waals surface area contributed by atoms with E-state index in [2.05, 4.69) is 28.8 Å². The van der Waals surface area contributed by atoms with Crippen molar-refractivity contribution >= 4 is 5.69 Å². The van der Waals surface area contributed by atoms with Crippen molar-refractivity contribution in [2.24, 2.45) is 0 Å². The first-order valence-electron chi connectivity index (χ1n) is 7.51. The number of hydrogen-bond donors (Lipinski definition) is 2. The maximum atomic E-state index is 3.82. The van der Waals surface area contributed by atoms with Crippen LogP contribution in [-0.2, 0) is 13.0 Å². The Morgan fingerprint density at radius 2 is 1.89 bits per heavy atom. The molecule has 2 aliphatic rings. The van der Waals surface area contributed by atoms with Crippen molar-refractivity contribution in [1.29, 1.82) is 0 Å². The summed E-state index contributed by atoms with van der Waals surface area (Å²) in [6.07, 6.45) is 9.52. The molecule has 0 amide bonds. The standard InChI is InChI=1S/C16H24N2/c1-2-4-8-14(7-3-1)18-16-9-5-6-13-12-17-11-10-15(13)16/h5-6,9,14,17-18H,1-4,7-8,10-12H2. The van der Waals surface area contributed by atoms with Crippen molar-refractivity contribution in [3.63, 3.8) is 0 Å². The van der Waals surface area contributed by atoms with E-state index in [1.807, 2.05) is 0 Å². The second-order valence-electron chi connectivity index (χ2n) is 5.70. The Labute approximate surface area is 110 Å². The molecule has 1 aliphatic carbocycles. The van der Waals surface area contributed by atoms with Gasteiger partial charge in [-0.2, -0.15) is 0 Å². The van der Waals surface area contributed by atoms with Gasteiger partial charge >= 0.3 is 0 Å². The fraction of sp³-hybridized carbons (Fsp3) is 0.625. The van der Waals surface area contributed by atoms with E-state index in [9.17, 15) is 0 Å². The van der Waals surface area contributed by atoms with Crippen molar-refractivity contribution in [3.05, 3.63) is 29.3 Å². The van der Waals surface area contributed by atoms with Gasteiger partial charge in [0.15, 0.2) is 0 Å². The first-order valence-corrected chi connectivity index (χ1v) is 7.51. The fourth-order valence-corrected chi connectivity index (χ4v) is 3.31. The van der Waals surface area contributed by atoms with Gasteiger partial charge in [-0.05, 0) is 43.0 Å². The van der Waals surface area contributed by atoms with Gasteiger partial charge in [0, 0.05) is 18.3 Å². The van der Waals surface area contributed by atoms with Crippen LogP contribution in [0, 0.1) is 0 Å². The summed E-state index contributed by atoms with van der Waals surface area (Å²) in [5, 5.41) is 7.28. The minimum Gasteiger partial charge on any atom is -0.382 e. The topological polar surface area (TPSA) is 24.1 Å². The molecule has 0 spiro atoms. The van der Waals surface area contributed by atoms with E-state index >= 15 is 0 Å². The second-order valence-corrected chi connectivity index (χ2v) is 5.70. The molecule has 1 aliphatic heterocycles. The van der Waals surface area contributed by atoms with Gasteiger partial charge in [0.25, 0.3) is 0 Å². The second kappa shape index (κ2) is 5.75. The van der Waals surface area contributed by atoms with Crippen molar-refractivity contribution in [2.75, 3.05) is 11.9 Å². The normalized spacial score (nSPS) is 21.1. The van der Waals surface area contributed by atoms with E-state index in [4.69, 9.17) is 0 Å². The molecule has 0 unspecified atom stereocenters. The van der Waals surface area contributed by atoms with Gasteiger partial charge in [-0.3, -0.25) is 0 Å². The molecule has 1 fully saturated rings. The van der Waals surface area contributed by atoms with Gasteiger partial charge in [0.05, 0.1) is 0 Å². The van der Waals surface area contributed by atoms with Crippen molar-refractivity contribution in [1.82, 2.24) is 5.32 Å². The third-order valence-corrected chi connectivity index (χ3v) is 4.36. The first-order chi connectivity index (χ1) is 8.93. The molecule has 0 saturated heterocycles. The number of hydrogen-bond acceptors (Lipinski definition) is 2. The summed E-state index contributed by atoms with van der Waals surface area (Å²) in [5.74, 6) is 0. The van der Waals surface area contributed by atoms with Crippen LogP contribution in [0.25, 0.3) is 0 Å². The van der Waals surface area contributed by atoms with Crippen LogP contribution in [0.2, 0.25) is 0 Å². The van der Waals surface area contributed by atoms with Gasteiger partial charge in [-0.25, -0.2) is 0 Å². The third-order valence-electron chi connectivity index (χ3n) is 4.36. The molecule has 3 rings (SSSR count). The van der Waals surface area contributed by atoms with Crippen LogP contribution in [0.3, 0.4) is 0 Å². The lowest BCUT2D eigenvalue weighted by Gasteiger charge is -2.24. The van der Waals surface area contributed by atoms with E-state index in [-0.39, 0.29) is 0 Å². The first kappa shape index (κ1) is 12.0. The lowest BCUT2D eigenvalue weighted by Crippen LogP contribution is -2.26. The molecule has 18 heavy (non-hydrogen) atoms. The van der Waals surface area contributed by atoms with Crippen LogP contribution < -0.4 is 10.6 Å². The number of nitrogens with one attached hydrogen (secondary N) is 2. The number of rotatable bonds is 2. The lowest BCUT2D eigenvalue weighted by atomic mass is 9.98. The molecule has 1 heterocycles. The van der Waals surface area contributed by atoms with E-state index in [1.165, 1.54) is 56.2 Å². The predicted molar refractivity (Wildman–Crippen MR) is 77.0 cm³/mol. The minimum absolute atomic E-state index is 0.703. The molecule has 1 aromatic carbocycles. The number of benzene rings is 1. The lowest BCUT2D eigenvalue weighted by molar-refractivity contribution is 0.613. The molecule has 0 aromatic heterocycles. The minimum atomic E-state index is 0.703. The molecule has 98 valence electrons. The Hall–Kier alpha value is -1.02. The molecule has 2 heteroatoms. The van der Waals surface area contributed by atoms with Crippen LogP contribution in [0.5, 0.6) is 0 Å². The molecule has 0 atom stereocenters. The molecular weight excluding hydrogens is 220 g/mol. The zero-order chi connectivity index (χ0) is 12.2. The number of fused-ring (bicyclic) bond motifs is 1. The van der Waals surface area contributed by atoms with Crippen molar-refractivity contribution in [3.8, 4) is 0 Å². The van der Waals surface area contributed by atoms with Gasteiger partial charge in [0.2, 0.25) is 0 Å². The van der Waals surface area contributed by atoms with E-state index < -0.39 is 0 Å². The Balaban J connectivity index is 1.75. The Kier molecular flexibility index (Phi) is 3.84. The Bertz CT molecular complexity index is 392. The molecule has 0 radical (unpaired) electrons. The fourth-order valence-electron chi connectivity index (χ4n) is 3.31. The Morgan fingerprint density at radius 1 is 1.06 bits per heavy atom. The maximum absolute atomic E-state index is 3.82. The van der Waals surface area contributed by atoms with E-state index in [0.29, 0.717) is 6.04 Å². The highest BCUT2D eigenvalue weighted by Gasteiger charge is 2.16. The van der Waals surface area contributed by atoms with Crippen LogP contribution in [0.1, 0.15) is 49.7 Å². The Morgan fingerprint density at radius 3 is 2.72 bits per heavy atom. The average Bonchev–Trinajstić information content (AvgIpc) is 2.68. The van der Waals surface area contributed by atoms with Gasteiger partial charge in [-0.1, -0.05) is 37.8 Å². The summed E-state index contributed by atoms with van der Waals surface area (Å²) in [4.78, 5) is 0. The summed E-state index contributed by atoms with van der Waals surface area (Å²) in [6, 6.07) is 7.44. The van der Waals surface area contributed by atoms with Gasteiger partial charge < -0.3 is 10.6 Å². The quantitative estimate of drug-likeness (QED) is 0.778. The highest BCUT2D eigenvalue weighted by molar-refractivity contribution is 5.56. The molecule has 2 N–H and O–H groups in total. The highest BCUT2D eigenvalue weighted by atomic mass is 14.9. The van der Waals surface area contributed by atoms with Gasteiger partial charge in [-0.15, -0.1) is 0 Å². The summed E-state index contributed by atoms with van der Waals surface area (Å²) in [7, 11) is 0. The van der Waals surface area contributed by atoms with Crippen LogP contribution in [0.15, 0.2) is 18.2 Å². The van der Waals surface area contributed by atoms with Crippen molar-refractivity contribution in [2.45, 2.75) is 57.5 Å². The summed E-state index contributed by atoms with van der Waals surface area (Å²) >= 11 is 0. The molecule has 2 nitrogen and oxygen atoms in total.